The van der Waals surface area contributed by atoms with Crippen molar-refractivity contribution in [1.29, 1.82) is 0 Å². The van der Waals surface area contributed by atoms with Gasteiger partial charge in [0.1, 0.15) is 0 Å². The molecule has 0 atom stereocenters. The van der Waals surface area contributed by atoms with Crippen LogP contribution in [0.3, 0.4) is 0 Å². The predicted molar refractivity (Wildman–Crippen MR) is 116 cm³/mol. The molecule has 1 aliphatic carbocycles. The molecule has 0 N–H and O–H groups in total. The van der Waals surface area contributed by atoms with E-state index in [9.17, 15) is 14.9 Å². The van der Waals surface area contributed by atoms with Crippen LogP contribution in [0.4, 0.5) is 11.4 Å². The first-order valence-corrected chi connectivity index (χ1v) is 10.6. The molecule has 160 valence electrons. The number of aromatic nitrogens is 3. The van der Waals surface area contributed by atoms with Crippen molar-refractivity contribution >= 4 is 28.3 Å². The van der Waals surface area contributed by atoms with Gasteiger partial charge in [0.2, 0.25) is 0 Å². The number of nitrogens with zero attached hydrogens (tertiary/aromatic N) is 6. The third-order valence-electron chi connectivity index (χ3n) is 6.19. The number of aryl methyl sites for hydroxylation is 2. The molecule has 9 heteroatoms. The van der Waals surface area contributed by atoms with Gasteiger partial charge in [-0.2, -0.15) is 5.10 Å². The average molecular weight is 420 g/mol. The molecule has 1 saturated heterocycles. The zero-order valence-electron chi connectivity index (χ0n) is 17.6. The highest BCUT2D eigenvalue weighted by Crippen LogP contribution is 2.40. The fourth-order valence-electron chi connectivity index (χ4n) is 4.36. The van der Waals surface area contributed by atoms with E-state index >= 15 is 0 Å². The Balaban J connectivity index is 1.39. The number of fused-ring (bicyclic) bond motifs is 1. The fourth-order valence-corrected chi connectivity index (χ4v) is 4.36. The maximum Gasteiger partial charge on any atom is 0.271 e. The maximum atomic E-state index is 13.5. The Morgan fingerprint density at radius 1 is 1.16 bits per heavy atom. The second-order valence-corrected chi connectivity index (χ2v) is 8.33. The van der Waals surface area contributed by atoms with Gasteiger partial charge in [0.25, 0.3) is 11.6 Å². The van der Waals surface area contributed by atoms with Crippen LogP contribution in [-0.4, -0.2) is 56.7 Å². The lowest BCUT2D eigenvalue weighted by atomic mass is 10.1. The van der Waals surface area contributed by atoms with Crippen LogP contribution in [0.15, 0.2) is 30.3 Å². The average Bonchev–Trinajstić information content (AvgIpc) is 3.59. The third-order valence-corrected chi connectivity index (χ3v) is 6.19. The Labute approximate surface area is 179 Å². The lowest BCUT2D eigenvalue weighted by Crippen LogP contribution is -2.48. The Hall–Kier alpha value is -3.49. The molecule has 9 nitrogen and oxygen atoms in total. The molecule has 0 bridgehead atoms. The fraction of sp³-hybridized carbons (Fsp3) is 0.409. The van der Waals surface area contributed by atoms with E-state index < -0.39 is 0 Å². The summed E-state index contributed by atoms with van der Waals surface area (Å²) in [6.07, 6.45) is 2.23. The smallest absolute Gasteiger partial charge is 0.271 e. The summed E-state index contributed by atoms with van der Waals surface area (Å²) in [4.78, 5) is 32.9. The maximum absolute atomic E-state index is 13.5. The van der Waals surface area contributed by atoms with Gasteiger partial charge in [-0.15, -0.1) is 0 Å². The molecule has 2 aliphatic rings. The van der Waals surface area contributed by atoms with E-state index in [2.05, 4.69) is 10.00 Å². The molecule has 31 heavy (non-hydrogen) atoms. The van der Waals surface area contributed by atoms with Gasteiger partial charge in [0, 0.05) is 62.7 Å². The largest absolute Gasteiger partial charge is 0.368 e. The number of pyridine rings is 1. The number of rotatable bonds is 4. The van der Waals surface area contributed by atoms with Crippen LogP contribution in [0.2, 0.25) is 0 Å². The normalized spacial score (nSPS) is 16.7. The van der Waals surface area contributed by atoms with E-state index in [0.29, 0.717) is 37.7 Å². The minimum absolute atomic E-state index is 0.00379. The van der Waals surface area contributed by atoms with E-state index in [0.717, 1.165) is 41.0 Å². The van der Waals surface area contributed by atoms with Crippen LogP contribution in [0.25, 0.3) is 11.0 Å². The number of non-ortho nitro benzene ring substituents is 1. The second kappa shape index (κ2) is 7.33. The summed E-state index contributed by atoms with van der Waals surface area (Å²) in [5, 5.41) is 16.4. The lowest BCUT2D eigenvalue weighted by molar-refractivity contribution is -0.384. The molecule has 1 aromatic carbocycles. The van der Waals surface area contributed by atoms with Crippen LogP contribution in [-0.2, 0) is 7.05 Å². The molecule has 2 aromatic heterocycles. The lowest BCUT2D eigenvalue weighted by Gasteiger charge is -2.36. The number of piperazine rings is 1. The first-order valence-electron chi connectivity index (χ1n) is 10.6. The molecule has 0 radical (unpaired) electrons. The van der Waals surface area contributed by atoms with Gasteiger partial charge >= 0.3 is 0 Å². The van der Waals surface area contributed by atoms with Crippen LogP contribution >= 0.6 is 0 Å². The molecule has 1 aliphatic heterocycles. The SMILES string of the molecule is Cc1nn(C)c2nc(C3CC3)cc(C(=O)N3CCN(c4cccc([N+](=O)[O-])c4)CC3)c12. The zero-order valence-corrected chi connectivity index (χ0v) is 17.6. The van der Waals surface area contributed by atoms with Gasteiger partial charge in [-0.1, -0.05) is 6.07 Å². The Kier molecular flexibility index (Phi) is 4.60. The summed E-state index contributed by atoms with van der Waals surface area (Å²) < 4.78 is 1.76. The van der Waals surface area contributed by atoms with Gasteiger partial charge < -0.3 is 9.80 Å². The summed E-state index contributed by atoms with van der Waals surface area (Å²) in [5.41, 5.74) is 4.13. The number of amides is 1. The monoisotopic (exact) mass is 420 g/mol. The number of nitro benzene ring substituents is 1. The predicted octanol–water partition coefficient (Wildman–Crippen LogP) is 3.02. The minimum atomic E-state index is -0.383. The van der Waals surface area contributed by atoms with E-state index in [1.807, 2.05) is 31.0 Å². The van der Waals surface area contributed by atoms with E-state index in [1.165, 1.54) is 6.07 Å². The van der Waals surface area contributed by atoms with Gasteiger partial charge in [0.15, 0.2) is 5.65 Å². The zero-order chi connectivity index (χ0) is 21.7. The molecular formula is C22H24N6O3. The number of carbonyl (C=O) groups is 1. The standard InChI is InChI=1S/C22H24N6O3/c1-14-20-18(13-19(15-6-7-15)23-21(20)25(2)24-14)22(29)27-10-8-26(9-11-27)16-4-3-5-17(12-16)28(30)31/h3-5,12-13,15H,6-11H2,1-2H3. The van der Waals surface area contributed by atoms with Gasteiger partial charge in [-0.05, 0) is 31.9 Å². The van der Waals surface area contributed by atoms with Crippen molar-refractivity contribution in [2.75, 3.05) is 31.1 Å². The first-order chi connectivity index (χ1) is 14.9. The van der Waals surface area contributed by atoms with Crippen LogP contribution in [0.5, 0.6) is 0 Å². The highest BCUT2D eigenvalue weighted by molar-refractivity contribution is 6.06. The van der Waals surface area contributed by atoms with Crippen molar-refractivity contribution in [3.8, 4) is 0 Å². The Morgan fingerprint density at radius 3 is 2.58 bits per heavy atom. The molecule has 0 unspecified atom stereocenters. The van der Waals surface area contributed by atoms with Crippen LogP contribution in [0, 0.1) is 17.0 Å². The number of nitro groups is 1. The summed E-state index contributed by atoms with van der Waals surface area (Å²) in [6, 6.07) is 8.61. The molecule has 1 saturated carbocycles. The van der Waals surface area contributed by atoms with E-state index in [4.69, 9.17) is 4.98 Å². The minimum Gasteiger partial charge on any atom is -0.368 e. The molecule has 2 fully saturated rings. The summed E-state index contributed by atoms with van der Waals surface area (Å²) in [6.45, 7) is 4.29. The topological polar surface area (TPSA) is 97.4 Å². The summed E-state index contributed by atoms with van der Waals surface area (Å²) in [7, 11) is 1.87. The van der Waals surface area contributed by atoms with E-state index in [1.54, 1.807) is 16.8 Å². The molecule has 1 amide bonds. The third kappa shape index (κ3) is 3.49. The number of hydrogen-bond acceptors (Lipinski definition) is 6. The molecular weight excluding hydrogens is 396 g/mol. The molecule has 5 rings (SSSR count). The number of hydrogen-bond donors (Lipinski definition) is 0. The quantitative estimate of drug-likeness (QED) is 0.475. The van der Waals surface area contributed by atoms with Crippen molar-refractivity contribution < 1.29 is 9.72 Å². The van der Waals surface area contributed by atoms with Crippen molar-refractivity contribution in [1.82, 2.24) is 19.7 Å². The Bertz CT molecular complexity index is 1190. The second-order valence-electron chi connectivity index (χ2n) is 8.33. The van der Waals surface area contributed by atoms with E-state index in [-0.39, 0.29) is 16.5 Å². The Morgan fingerprint density at radius 2 is 1.90 bits per heavy atom. The number of anilines is 1. The van der Waals surface area contributed by atoms with Gasteiger partial charge in [-0.3, -0.25) is 19.6 Å². The number of carbonyl (C=O) groups excluding carboxylic acids is 1. The van der Waals surface area contributed by atoms with Crippen LogP contribution in [0.1, 0.15) is 40.5 Å². The highest BCUT2D eigenvalue weighted by atomic mass is 16.6. The van der Waals surface area contributed by atoms with Gasteiger partial charge in [-0.25, -0.2) is 4.98 Å². The van der Waals surface area contributed by atoms with Crippen molar-refractivity contribution in [2.24, 2.45) is 7.05 Å². The van der Waals surface area contributed by atoms with Gasteiger partial charge in [0.05, 0.1) is 21.6 Å². The first kappa shape index (κ1) is 19.5. The summed E-state index contributed by atoms with van der Waals surface area (Å²) >= 11 is 0. The molecule has 0 spiro atoms. The molecule has 3 aromatic rings. The van der Waals surface area contributed by atoms with Crippen LogP contribution < -0.4 is 4.90 Å². The van der Waals surface area contributed by atoms with Crippen molar-refractivity contribution in [2.45, 2.75) is 25.7 Å². The number of benzene rings is 1. The van der Waals surface area contributed by atoms with Crippen molar-refractivity contribution in [3.63, 3.8) is 0 Å². The molecule has 3 heterocycles. The van der Waals surface area contributed by atoms with Crippen molar-refractivity contribution in [3.05, 3.63) is 57.4 Å². The highest BCUT2D eigenvalue weighted by Gasteiger charge is 2.30. The summed E-state index contributed by atoms with van der Waals surface area (Å²) in [5.74, 6) is 0.445.